The second-order valence-corrected chi connectivity index (χ2v) is 4.94. The number of Topliss-reactive ketones (excluding diaryl/α,β-unsaturated/α-hetero) is 1. The highest BCUT2D eigenvalue weighted by molar-refractivity contribution is 5.78. The lowest BCUT2D eigenvalue weighted by atomic mass is 9.94. The van der Waals surface area contributed by atoms with E-state index in [1.165, 1.54) is 25.7 Å². The van der Waals surface area contributed by atoms with E-state index in [1.807, 2.05) is 0 Å². The molecule has 0 aliphatic heterocycles. The molecule has 0 fully saturated rings. The van der Waals surface area contributed by atoms with Gasteiger partial charge in [-0.25, -0.2) is 0 Å². The highest BCUT2D eigenvalue weighted by Gasteiger charge is 2.10. The second kappa shape index (κ2) is 8.02. The summed E-state index contributed by atoms with van der Waals surface area (Å²) >= 11 is 0. The molecule has 0 aromatic carbocycles. The zero-order valence-corrected chi connectivity index (χ0v) is 10.3. The van der Waals surface area contributed by atoms with E-state index in [-0.39, 0.29) is 0 Å². The number of hydrogen-bond acceptors (Lipinski definition) is 1. The monoisotopic (exact) mass is 198 g/mol. The highest BCUT2D eigenvalue weighted by Crippen LogP contribution is 2.15. The summed E-state index contributed by atoms with van der Waals surface area (Å²) in [5.74, 6) is 1.56. The van der Waals surface area contributed by atoms with Crippen molar-refractivity contribution in [2.75, 3.05) is 0 Å². The highest BCUT2D eigenvalue weighted by atomic mass is 16.1. The molecule has 0 aliphatic carbocycles. The van der Waals surface area contributed by atoms with Gasteiger partial charge in [-0.2, -0.15) is 0 Å². The van der Waals surface area contributed by atoms with Gasteiger partial charge in [0.2, 0.25) is 0 Å². The summed E-state index contributed by atoms with van der Waals surface area (Å²) in [6.45, 7) is 8.64. The van der Waals surface area contributed by atoms with Crippen molar-refractivity contribution in [3.05, 3.63) is 0 Å². The third kappa shape index (κ3) is 8.28. The molecular formula is C13H26O. The Balaban J connectivity index is 3.50. The van der Waals surface area contributed by atoms with E-state index in [4.69, 9.17) is 0 Å². The molecular weight excluding hydrogens is 172 g/mol. The molecule has 84 valence electrons. The minimum atomic E-state index is 0.448. The molecule has 0 unspecified atom stereocenters. The van der Waals surface area contributed by atoms with Crippen LogP contribution in [0.3, 0.4) is 0 Å². The van der Waals surface area contributed by atoms with E-state index in [0.29, 0.717) is 17.6 Å². The van der Waals surface area contributed by atoms with Crippen molar-refractivity contribution >= 4 is 5.78 Å². The Morgan fingerprint density at radius 3 is 2.21 bits per heavy atom. The molecule has 1 atom stereocenters. The van der Waals surface area contributed by atoms with Crippen molar-refractivity contribution in [1.82, 2.24) is 0 Å². The lowest BCUT2D eigenvalue weighted by Crippen LogP contribution is -2.08. The van der Waals surface area contributed by atoms with E-state index in [2.05, 4.69) is 27.7 Å². The fraction of sp³-hybridized carbons (Fsp3) is 0.923. The Labute approximate surface area is 89.3 Å². The molecule has 0 aromatic rings. The van der Waals surface area contributed by atoms with Crippen molar-refractivity contribution in [3.63, 3.8) is 0 Å². The summed E-state index contributed by atoms with van der Waals surface area (Å²) < 4.78 is 0. The van der Waals surface area contributed by atoms with Crippen molar-refractivity contribution < 1.29 is 4.79 Å². The molecule has 14 heavy (non-hydrogen) atoms. The largest absolute Gasteiger partial charge is 0.300 e. The molecule has 0 radical (unpaired) electrons. The Kier molecular flexibility index (Phi) is 7.83. The summed E-state index contributed by atoms with van der Waals surface area (Å²) in [6, 6.07) is 0. The summed E-state index contributed by atoms with van der Waals surface area (Å²) in [5, 5.41) is 0. The van der Waals surface area contributed by atoms with E-state index in [9.17, 15) is 4.79 Å². The standard InChI is InChI=1S/C13H26O/c1-5-6-7-8-12(4)10-13(14)9-11(2)3/h11-12H,5-10H2,1-4H3/t12-/m1/s1. The molecule has 0 aromatic heterocycles. The quantitative estimate of drug-likeness (QED) is 0.534. The van der Waals surface area contributed by atoms with Crippen LogP contribution in [0.5, 0.6) is 0 Å². The third-order valence-corrected chi connectivity index (χ3v) is 2.51. The first-order valence-corrected chi connectivity index (χ1v) is 6.08. The maximum atomic E-state index is 11.5. The molecule has 0 spiro atoms. The van der Waals surface area contributed by atoms with Gasteiger partial charge in [0, 0.05) is 12.8 Å². The lowest BCUT2D eigenvalue weighted by molar-refractivity contribution is -0.120. The van der Waals surface area contributed by atoms with Crippen LogP contribution in [0.25, 0.3) is 0 Å². The number of rotatable bonds is 8. The van der Waals surface area contributed by atoms with Crippen LogP contribution in [0.2, 0.25) is 0 Å². The van der Waals surface area contributed by atoms with Crippen LogP contribution in [0.4, 0.5) is 0 Å². The lowest BCUT2D eigenvalue weighted by Gasteiger charge is -2.10. The number of unbranched alkanes of at least 4 members (excludes halogenated alkanes) is 2. The zero-order valence-electron chi connectivity index (χ0n) is 10.3. The van der Waals surface area contributed by atoms with Crippen LogP contribution in [0, 0.1) is 11.8 Å². The van der Waals surface area contributed by atoms with Gasteiger partial charge < -0.3 is 0 Å². The molecule has 0 rings (SSSR count). The van der Waals surface area contributed by atoms with E-state index in [1.54, 1.807) is 0 Å². The number of carbonyl (C=O) groups is 1. The number of hydrogen-bond donors (Lipinski definition) is 0. The van der Waals surface area contributed by atoms with Crippen LogP contribution in [-0.4, -0.2) is 5.78 Å². The molecule has 0 aliphatic rings. The summed E-state index contributed by atoms with van der Waals surface area (Å²) in [7, 11) is 0. The van der Waals surface area contributed by atoms with Crippen LogP contribution in [0.15, 0.2) is 0 Å². The maximum Gasteiger partial charge on any atom is 0.133 e. The first kappa shape index (κ1) is 13.7. The van der Waals surface area contributed by atoms with Crippen molar-refractivity contribution in [1.29, 1.82) is 0 Å². The van der Waals surface area contributed by atoms with Gasteiger partial charge in [-0.3, -0.25) is 4.79 Å². The van der Waals surface area contributed by atoms with Gasteiger partial charge >= 0.3 is 0 Å². The van der Waals surface area contributed by atoms with Crippen molar-refractivity contribution in [3.8, 4) is 0 Å². The maximum absolute atomic E-state index is 11.5. The Morgan fingerprint density at radius 2 is 1.71 bits per heavy atom. The smallest absolute Gasteiger partial charge is 0.133 e. The summed E-state index contributed by atoms with van der Waals surface area (Å²) in [6.07, 6.45) is 6.64. The first-order valence-electron chi connectivity index (χ1n) is 6.08. The topological polar surface area (TPSA) is 17.1 Å². The molecule has 0 heterocycles. The van der Waals surface area contributed by atoms with Gasteiger partial charge in [0.15, 0.2) is 0 Å². The van der Waals surface area contributed by atoms with Gasteiger partial charge in [0.05, 0.1) is 0 Å². The molecule has 0 saturated carbocycles. The predicted octanol–water partition coefficient (Wildman–Crippen LogP) is 4.21. The van der Waals surface area contributed by atoms with Crippen LogP contribution >= 0.6 is 0 Å². The second-order valence-electron chi connectivity index (χ2n) is 4.94. The number of carbonyl (C=O) groups excluding carboxylic acids is 1. The summed E-state index contributed by atoms with van der Waals surface area (Å²) in [4.78, 5) is 11.5. The van der Waals surface area contributed by atoms with Crippen molar-refractivity contribution in [2.24, 2.45) is 11.8 Å². The fourth-order valence-corrected chi connectivity index (χ4v) is 1.77. The Hall–Kier alpha value is -0.330. The first-order chi connectivity index (χ1) is 6.56. The molecule has 1 heteroatoms. The van der Waals surface area contributed by atoms with Crippen LogP contribution in [-0.2, 0) is 4.79 Å². The average molecular weight is 198 g/mol. The van der Waals surface area contributed by atoms with E-state index < -0.39 is 0 Å². The predicted molar refractivity (Wildman–Crippen MR) is 62.4 cm³/mol. The third-order valence-electron chi connectivity index (χ3n) is 2.51. The minimum absolute atomic E-state index is 0.448. The molecule has 0 saturated heterocycles. The van der Waals surface area contributed by atoms with Crippen molar-refractivity contribution in [2.45, 2.75) is 66.2 Å². The Bertz CT molecular complexity index is 149. The Morgan fingerprint density at radius 1 is 1.07 bits per heavy atom. The van der Waals surface area contributed by atoms with Gasteiger partial charge in [-0.15, -0.1) is 0 Å². The zero-order chi connectivity index (χ0) is 11.0. The van der Waals surface area contributed by atoms with E-state index in [0.717, 1.165) is 12.8 Å². The van der Waals surface area contributed by atoms with Gasteiger partial charge in [0.1, 0.15) is 5.78 Å². The summed E-state index contributed by atoms with van der Waals surface area (Å²) in [5.41, 5.74) is 0. The van der Waals surface area contributed by atoms with Gasteiger partial charge in [0.25, 0.3) is 0 Å². The molecule has 1 nitrogen and oxygen atoms in total. The average Bonchev–Trinajstić information content (AvgIpc) is 2.02. The van der Waals surface area contributed by atoms with Gasteiger partial charge in [-0.05, 0) is 11.8 Å². The van der Waals surface area contributed by atoms with Crippen LogP contribution < -0.4 is 0 Å². The normalized spacial score (nSPS) is 13.2. The molecule has 0 bridgehead atoms. The van der Waals surface area contributed by atoms with Crippen LogP contribution in [0.1, 0.15) is 66.2 Å². The molecule has 0 N–H and O–H groups in total. The van der Waals surface area contributed by atoms with E-state index >= 15 is 0 Å². The SMILES string of the molecule is CCCCC[C@@H](C)CC(=O)CC(C)C. The fourth-order valence-electron chi connectivity index (χ4n) is 1.77. The van der Waals surface area contributed by atoms with Gasteiger partial charge in [-0.1, -0.05) is 53.4 Å². The molecule has 0 amide bonds. The number of ketones is 1. The minimum Gasteiger partial charge on any atom is -0.300 e.